The molecule has 1 heterocycles. The van der Waals surface area contributed by atoms with E-state index in [2.05, 4.69) is 15.6 Å². The Balaban J connectivity index is 0.00000338. The lowest BCUT2D eigenvalue weighted by atomic mass is 9.95. The summed E-state index contributed by atoms with van der Waals surface area (Å²) in [7, 11) is 1.42. The molecule has 2 aliphatic rings. The quantitative estimate of drug-likeness (QED) is 0.271. The summed E-state index contributed by atoms with van der Waals surface area (Å²) in [5.41, 5.74) is 0. The second-order valence-electron chi connectivity index (χ2n) is 7.08. The molecule has 2 fully saturated rings. The topological polar surface area (TPSA) is 83.0 Å². The summed E-state index contributed by atoms with van der Waals surface area (Å²) >= 11 is 0. The third kappa shape index (κ3) is 6.59. The summed E-state index contributed by atoms with van der Waals surface area (Å²) in [6, 6.07) is 0.301. The molecule has 0 radical (unpaired) electrons. The van der Waals surface area contributed by atoms with Gasteiger partial charge in [-0.05, 0) is 25.7 Å². The minimum atomic E-state index is -0.180. The predicted molar refractivity (Wildman–Crippen MR) is 113 cm³/mol. The van der Waals surface area contributed by atoms with Crippen LogP contribution in [0.2, 0.25) is 0 Å². The molecule has 8 heteroatoms. The standard InChI is InChI=1S/C18H32N4O3.HI/c1-4-19-18(22-11-13(2)15(12-22)17(24)25-3)20-10-16(23)21-14-8-6-5-7-9-14;/h13-15H,4-12H2,1-3H3,(H,19,20)(H,21,23);1H. The highest BCUT2D eigenvalue weighted by molar-refractivity contribution is 14.0. The Labute approximate surface area is 173 Å². The molecule has 1 aliphatic heterocycles. The van der Waals surface area contributed by atoms with Crippen LogP contribution in [-0.4, -0.2) is 62.1 Å². The fourth-order valence-corrected chi connectivity index (χ4v) is 3.69. The third-order valence-electron chi connectivity index (χ3n) is 5.09. The van der Waals surface area contributed by atoms with E-state index in [1.54, 1.807) is 0 Å². The van der Waals surface area contributed by atoms with Gasteiger partial charge in [0.05, 0.1) is 13.0 Å². The number of ether oxygens (including phenoxy) is 1. The van der Waals surface area contributed by atoms with Crippen LogP contribution in [0.15, 0.2) is 4.99 Å². The molecule has 150 valence electrons. The molecule has 0 aromatic heterocycles. The maximum Gasteiger partial charge on any atom is 0.310 e. The third-order valence-corrected chi connectivity index (χ3v) is 5.09. The first-order chi connectivity index (χ1) is 12.0. The Morgan fingerprint density at radius 2 is 1.88 bits per heavy atom. The number of hydrogen-bond donors (Lipinski definition) is 2. The predicted octanol–water partition coefficient (Wildman–Crippen LogP) is 1.76. The van der Waals surface area contributed by atoms with Gasteiger partial charge in [-0.15, -0.1) is 24.0 Å². The largest absolute Gasteiger partial charge is 0.469 e. The molecule has 2 N–H and O–H groups in total. The average Bonchev–Trinajstić information content (AvgIpc) is 3.00. The maximum absolute atomic E-state index is 12.2. The molecule has 1 amide bonds. The molecule has 26 heavy (non-hydrogen) atoms. The lowest BCUT2D eigenvalue weighted by molar-refractivity contribution is -0.146. The monoisotopic (exact) mass is 480 g/mol. The summed E-state index contributed by atoms with van der Waals surface area (Å²) in [5.74, 6) is 0.539. The average molecular weight is 480 g/mol. The van der Waals surface area contributed by atoms with Crippen molar-refractivity contribution in [3.05, 3.63) is 0 Å². The number of carbonyl (C=O) groups excluding carboxylic acids is 2. The van der Waals surface area contributed by atoms with Crippen LogP contribution >= 0.6 is 24.0 Å². The number of rotatable bonds is 5. The number of guanidine groups is 1. The van der Waals surface area contributed by atoms with Crippen molar-refractivity contribution in [1.82, 2.24) is 15.5 Å². The summed E-state index contributed by atoms with van der Waals surface area (Å²) < 4.78 is 4.89. The zero-order valence-corrected chi connectivity index (χ0v) is 18.5. The molecule has 2 rings (SSSR count). The van der Waals surface area contributed by atoms with Crippen LogP contribution in [-0.2, 0) is 14.3 Å². The van der Waals surface area contributed by atoms with Crippen LogP contribution in [0.1, 0.15) is 46.0 Å². The molecule has 2 atom stereocenters. The normalized spacial score (nSPS) is 24.0. The van der Waals surface area contributed by atoms with Gasteiger partial charge in [0.2, 0.25) is 5.91 Å². The van der Waals surface area contributed by atoms with E-state index in [0.717, 1.165) is 25.9 Å². The second kappa shape index (κ2) is 11.6. The first kappa shape index (κ1) is 23.0. The Morgan fingerprint density at radius 1 is 1.19 bits per heavy atom. The van der Waals surface area contributed by atoms with Gasteiger partial charge in [-0.2, -0.15) is 0 Å². The van der Waals surface area contributed by atoms with Crippen molar-refractivity contribution in [2.75, 3.05) is 33.3 Å². The van der Waals surface area contributed by atoms with Crippen LogP contribution in [0, 0.1) is 11.8 Å². The van der Waals surface area contributed by atoms with Crippen LogP contribution in [0.4, 0.5) is 0 Å². The van der Waals surface area contributed by atoms with E-state index >= 15 is 0 Å². The number of carbonyl (C=O) groups is 2. The van der Waals surface area contributed by atoms with E-state index in [9.17, 15) is 9.59 Å². The van der Waals surface area contributed by atoms with Gasteiger partial charge in [-0.1, -0.05) is 26.2 Å². The highest BCUT2D eigenvalue weighted by Crippen LogP contribution is 2.24. The molecule has 1 saturated heterocycles. The Kier molecular flexibility index (Phi) is 10.3. The van der Waals surface area contributed by atoms with Crippen molar-refractivity contribution in [2.45, 2.75) is 52.0 Å². The van der Waals surface area contributed by atoms with Gasteiger partial charge in [0, 0.05) is 25.7 Å². The van der Waals surface area contributed by atoms with E-state index in [-0.39, 0.29) is 54.2 Å². The lowest BCUT2D eigenvalue weighted by Gasteiger charge is -2.23. The number of halogens is 1. The van der Waals surface area contributed by atoms with Gasteiger partial charge in [0.15, 0.2) is 5.96 Å². The van der Waals surface area contributed by atoms with Crippen molar-refractivity contribution in [3.8, 4) is 0 Å². The number of nitrogens with one attached hydrogen (secondary N) is 2. The first-order valence-corrected chi connectivity index (χ1v) is 9.45. The molecular formula is C18H33IN4O3. The van der Waals surface area contributed by atoms with Crippen LogP contribution in [0.5, 0.6) is 0 Å². The molecule has 0 aromatic carbocycles. The van der Waals surface area contributed by atoms with Crippen LogP contribution in [0.3, 0.4) is 0 Å². The highest BCUT2D eigenvalue weighted by atomic mass is 127. The first-order valence-electron chi connectivity index (χ1n) is 9.45. The Bertz CT molecular complexity index is 495. The van der Waals surface area contributed by atoms with E-state index < -0.39 is 0 Å². The summed E-state index contributed by atoms with van der Waals surface area (Å²) in [5, 5.41) is 6.31. The van der Waals surface area contributed by atoms with E-state index in [4.69, 9.17) is 4.74 Å². The fourth-order valence-electron chi connectivity index (χ4n) is 3.69. The second-order valence-corrected chi connectivity index (χ2v) is 7.08. The van der Waals surface area contributed by atoms with Crippen LogP contribution in [0.25, 0.3) is 0 Å². The fraction of sp³-hybridized carbons (Fsp3) is 0.833. The Hall–Kier alpha value is -1.06. The number of aliphatic imine (C=N–C) groups is 1. The number of nitrogens with zero attached hydrogens (tertiary/aromatic N) is 2. The number of likely N-dealkylation sites (tertiary alicyclic amines) is 1. The highest BCUT2D eigenvalue weighted by Gasteiger charge is 2.36. The molecule has 0 bridgehead atoms. The van der Waals surface area contributed by atoms with Crippen molar-refractivity contribution < 1.29 is 14.3 Å². The Morgan fingerprint density at radius 3 is 2.50 bits per heavy atom. The smallest absolute Gasteiger partial charge is 0.310 e. The van der Waals surface area contributed by atoms with Crippen LogP contribution < -0.4 is 10.6 Å². The van der Waals surface area contributed by atoms with Crippen molar-refractivity contribution >= 4 is 41.8 Å². The van der Waals surface area contributed by atoms with Crippen molar-refractivity contribution in [1.29, 1.82) is 0 Å². The van der Waals surface area contributed by atoms with E-state index in [0.29, 0.717) is 18.5 Å². The van der Waals surface area contributed by atoms with E-state index in [1.807, 2.05) is 18.7 Å². The molecule has 1 saturated carbocycles. The van der Waals surface area contributed by atoms with Gasteiger partial charge in [-0.25, -0.2) is 4.99 Å². The zero-order chi connectivity index (χ0) is 18.2. The van der Waals surface area contributed by atoms with Gasteiger partial charge in [0.25, 0.3) is 0 Å². The number of esters is 1. The minimum Gasteiger partial charge on any atom is -0.469 e. The van der Waals surface area contributed by atoms with Gasteiger partial charge in [-0.3, -0.25) is 9.59 Å². The number of amides is 1. The number of hydrogen-bond acceptors (Lipinski definition) is 4. The maximum atomic E-state index is 12.2. The molecule has 0 spiro atoms. The molecule has 1 aliphatic carbocycles. The summed E-state index contributed by atoms with van der Waals surface area (Å²) in [6.45, 7) is 6.18. The summed E-state index contributed by atoms with van der Waals surface area (Å²) in [4.78, 5) is 30.6. The van der Waals surface area contributed by atoms with E-state index in [1.165, 1.54) is 26.4 Å². The molecule has 0 aromatic rings. The van der Waals surface area contributed by atoms with Crippen molar-refractivity contribution in [3.63, 3.8) is 0 Å². The zero-order valence-electron chi connectivity index (χ0n) is 16.1. The minimum absolute atomic E-state index is 0. The van der Waals surface area contributed by atoms with Gasteiger partial charge >= 0.3 is 5.97 Å². The van der Waals surface area contributed by atoms with Gasteiger partial charge < -0.3 is 20.3 Å². The SMILES string of the molecule is CCNC(=NCC(=O)NC1CCCCC1)N1CC(C)C(C(=O)OC)C1.I. The van der Waals surface area contributed by atoms with Gasteiger partial charge in [0.1, 0.15) is 6.54 Å². The number of methoxy groups -OCH3 is 1. The summed E-state index contributed by atoms with van der Waals surface area (Å²) in [6.07, 6.45) is 5.79. The molecule has 2 unspecified atom stereocenters. The lowest BCUT2D eigenvalue weighted by Crippen LogP contribution is -2.42. The van der Waals surface area contributed by atoms with Crippen molar-refractivity contribution in [2.24, 2.45) is 16.8 Å². The molecular weight excluding hydrogens is 447 g/mol. The molecule has 7 nitrogen and oxygen atoms in total.